The highest BCUT2D eigenvalue weighted by Crippen LogP contribution is 2.27. The summed E-state index contributed by atoms with van der Waals surface area (Å²) in [5.41, 5.74) is 3.01. The molecule has 0 aromatic heterocycles. The lowest BCUT2D eigenvalue weighted by Crippen LogP contribution is -2.33. The van der Waals surface area contributed by atoms with Crippen LogP contribution in [0.15, 0.2) is 42.0 Å². The Labute approximate surface area is 112 Å². The highest BCUT2D eigenvalue weighted by molar-refractivity contribution is 5.23. The van der Waals surface area contributed by atoms with Gasteiger partial charge < -0.3 is 5.32 Å². The van der Waals surface area contributed by atoms with Gasteiger partial charge in [0.15, 0.2) is 0 Å². The monoisotopic (exact) mass is 245 g/mol. The van der Waals surface area contributed by atoms with Crippen molar-refractivity contribution in [2.24, 2.45) is 0 Å². The van der Waals surface area contributed by atoms with Gasteiger partial charge in [-0.1, -0.05) is 55.8 Å². The molecule has 1 unspecified atom stereocenters. The highest BCUT2D eigenvalue weighted by atomic mass is 14.9. The molecule has 0 spiro atoms. The molecule has 18 heavy (non-hydrogen) atoms. The van der Waals surface area contributed by atoms with Crippen LogP contribution in [0.4, 0.5) is 0 Å². The van der Waals surface area contributed by atoms with Crippen molar-refractivity contribution in [3.8, 4) is 0 Å². The third kappa shape index (κ3) is 5.05. The summed E-state index contributed by atoms with van der Waals surface area (Å²) in [6.07, 6.45) is 3.39. The fraction of sp³-hybridized carbons (Fsp3) is 0.529. The van der Waals surface area contributed by atoms with Crippen LogP contribution < -0.4 is 5.32 Å². The van der Waals surface area contributed by atoms with Crippen LogP contribution in [0.2, 0.25) is 0 Å². The lowest BCUT2D eigenvalue weighted by molar-refractivity contribution is 0.398. The first-order valence-corrected chi connectivity index (χ1v) is 6.84. The molecule has 100 valence electrons. The van der Waals surface area contributed by atoms with Crippen molar-refractivity contribution in [1.29, 1.82) is 0 Å². The summed E-state index contributed by atoms with van der Waals surface area (Å²) >= 11 is 0. The fourth-order valence-corrected chi connectivity index (χ4v) is 2.31. The molecule has 1 aromatic rings. The molecule has 0 bridgehead atoms. The van der Waals surface area contributed by atoms with Crippen LogP contribution in [0.1, 0.15) is 46.6 Å². The van der Waals surface area contributed by atoms with Crippen LogP contribution in [0, 0.1) is 0 Å². The molecule has 1 heteroatoms. The molecule has 1 nitrogen and oxygen atoms in total. The maximum absolute atomic E-state index is 3.56. The molecule has 0 aliphatic heterocycles. The van der Waals surface area contributed by atoms with Gasteiger partial charge in [0.25, 0.3) is 0 Å². The van der Waals surface area contributed by atoms with E-state index in [9.17, 15) is 0 Å². The van der Waals surface area contributed by atoms with Crippen LogP contribution in [-0.4, -0.2) is 12.6 Å². The fourth-order valence-electron chi connectivity index (χ4n) is 2.31. The van der Waals surface area contributed by atoms with Crippen molar-refractivity contribution in [3.05, 3.63) is 47.5 Å². The second-order valence-corrected chi connectivity index (χ2v) is 6.04. The van der Waals surface area contributed by atoms with Crippen molar-refractivity contribution in [3.63, 3.8) is 0 Å². The van der Waals surface area contributed by atoms with Gasteiger partial charge in [0.05, 0.1) is 0 Å². The Morgan fingerprint density at radius 2 is 1.83 bits per heavy atom. The lowest BCUT2D eigenvalue weighted by atomic mass is 9.79. The first-order valence-electron chi connectivity index (χ1n) is 6.84. The number of hydrogen-bond donors (Lipinski definition) is 1. The quantitative estimate of drug-likeness (QED) is 0.737. The molecular formula is C17H27N. The first-order chi connectivity index (χ1) is 8.42. The minimum Gasteiger partial charge on any atom is -0.311 e. The maximum atomic E-state index is 3.56. The molecule has 0 saturated carbocycles. The largest absolute Gasteiger partial charge is 0.311 e. The summed E-state index contributed by atoms with van der Waals surface area (Å²) in [6.45, 7) is 12.2. The van der Waals surface area contributed by atoms with Crippen LogP contribution in [-0.2, 0) is 5.41 Å². The van der Waals surface area contributed by atoms with E-state index in [0.29, 0.717) is 6.04 Å². The minimum absolute atomic E-state index is 0.221. The van der Waals surface area contributed by atoms with Crippen LogP contribution >= 0.6 is 0 Å². The Kier molecular flexibility index (Phi) is 5.61. The normalized spacial score (nSPS) is 13.2. The van der Waals surface area contributed by atoms with E-state index in [1.54, 1.807) is 0 Å². The predicted molar refractivity (Wildman–Crippen MR) is 81.0 cm³/mol. The van der Waals surface area contributed by atoms with E-state index >= 15 is 0 Å². The summed E-state index contributed by atoms with van der Waals surface area (Å²) < 4.78 is 0. The van der Waals surface area contributed by atoms with Gasteiger partial charge in [0, 0.05) is 12.6 Å². The summed E-state index contributed by atoms with van der Waals surface area (Å²) in [5.74, 6) is 0. The van der Waals surface area contributed by atoms with Crippen LogP contribution in [0.3, 0.4) is 0 Å². The Morgan fingerprint density at radius 1 is 1.22 bits per heavy atom. The second kappa shape index (κ2) is 6.75. The lowest BCUT2D eigenvalue weighted by Gasteiger charge is -2.29. The third-order valence-electron chi connectivity index (χ3n) is 3.35. The van der Waals surface area contributed by atoms with Gasteiger partial charge in [-0.2, -0.15) is 0 Å². The van der Waals surface area contributed by atoms with E-state index in [0.717, 1.165) is 13.0 Å². The first kappa shape index (κ1) is 15.0. The molecule has 0 aliphatic rings. The van der Waals surface area contributed by atoms with E-state index in [2.05, 4.69) is 76.3 Å². The molecule has 0 amide bonds. The van der Waals surface area contributed by atoms with E-state index in [1.807, 2.05) is 0 Å². The second-order valence-electron chi connectivity index (χ2n) is 6.04. The van der Waals surface area contributed by atoms with Gasteiger partial charge in [-0.3, -0.25) is 0 Å². The maximum Gasteiger partial charge on any atom is 0.0139 e. The molecule has 1 atom stereocenters. The van der Waals surface area contributed by atoms with Crippen molar-refractivity contribution < 1.29 is 0 Å². The molecule has 0 saturated heterocycles. The molecular weight excluding hydrogens is 218 g/mol. The molecule has 0 radical (unpaired) electrons. The van der Waals surface area contributed by atoms with E-state index in [-0.39, 0.29) is 5.41 Å². The minimum atomic E-state index is 0.221. The summed E-state index contributed by atoms with van der Waals surface area (Å²) in [6, 6.07) is 11.3. The number of benzene rings is 1. The molecule has 0 heterocycles. The zero-order valence-electron chi connectivity index (χ0n) is 12.5. The molecule has 1 N–H and O–H groups in total. The molecule has 1 rings (SSSR count). The van der Waals surface area contributed by atoms with E-state index < -0.39 is 0 Å². The summed E-state index contributed by atoms with van der Waals surface area (Å²) in [7, 11) is 0. The number of allylic oxidation sites excluding steroid dienone is 1. The standard InChI is InChI=1S/C17H27N/c1-14(2)11-12-18-15(3)13-17(4,5)16-9-7-6-8-10-16/h6-11,15,18H,12-13H2,1-5H3. The van der Waals surface area contributed by atoms with Gasteiger partial charge in [-0.15, -0.1) is 0 Å². The van der Waals surface area contributed by atoms with Gasteiger partial charge >= 0.3 is 0 Å². The molecule has 0 fully saturated rings. The Bertz CT molecular complexity index is 372. The van der Waals surface area contributed by atoms with Crippen molar-refractivity contribution in [2.45, 2.75) is 52.5 Å². The number of nitrogens with one attached hydrogen (secondary N) is 1. The van der Waals surface area contributed by atoms with Crippen LogP contribution in [0.5, 0.6) is 0 Å². The number of hydrogen-bond acceptors (Lipinski definition) is 1. The van der Waals surface area contributed by atoms with Crippen molar-refractivity contribution in [2.75, 3.05) is 6.54 Å². The Balaban J connectivity index is 2.53. The topological polar surface area (TPSA) is 12.0 Å². The summed E-state index contributed by atoms with van der Waals surface area (Å²) in [5, 5.41) is 3.56. The van der Waals surface area contributed by atoms with Gasteiger partial charge in [0.1, 0.15) is 0 Å². The third-order valence-corrected chi connectivity index (χ3v) is 3.35. The van der Waals surface area contributed by atoms with E-state index in [4.69, 9.17) is 0 Å². The molecule has 0 aliphatic carbocycles. The van der Waals surface area contributed by atoms with Gasteiger partial charge in [-0.25, -0.2) is 0 Å². The predicted octanol–water partition coefficient (Wildman–Crippen LogP) is 4.30. The zero-order valence-corrected chi connectivity index (χ0v) is 12.5. The smallest absolute Gasteiger partial charge is 0.0139 e. The van der Waals surface area contributed by atoms with Crippen molar-refractivity contribution in [1.82, 2.24) is 5.32 Å². The summed E-state index contributed by atoms with van der Waals surface area (Å²) in [4.78, 5) is 0. The zero-order chi connectivity index (χ0) is 13.6. The highest BCUT2D eigenvalue weighted by Gasteiger charge is 2.22. The average Bonchev–Trinajstić information content (AvgIpc) is 2.29. The Hall–Kier alpha value is -1.08. The SMILES string of the molecule is CC(C)=CCNC(C)CC(C)(C)c1ccccc1. The van der Waals surface area contributed by atoms with Crippen molar-refractivity contribution >= 4 is 0 Å². The average molecular weight is 245 g/mol. The van der Waals surface area contributed by atoms with E-state index in [1.165, 1.54) is 11.1 Å². The van der Waals surface area contributed by atoms with Gasteiger partial charge in [0.2, 0.25) is 0 Å². The Morgan fingerprint density at radius 3 is 2.39 bits per heavy atom. The molecule has 1 aromatic carbocycles. The number of rotatable bonds is 6. The van der Waals surface area contributed by atoms with Crippen LogP contribution in [0.25, 0.3) is 0 Å². The van der Waals surface area contributed by atoms with Gasteiger partial charge in [-0.05, 0) is 38.2 Å².